The number of fused-ring (bicyclic) bond motifs is 3. The Morgan fingerprint density at radius 1 is 1.17 bits per heavy atom. The molecule has 1 saturated carbocycles. The Morgan fingerprint density at radius 2 is 1.91 bits per heavy atom. The van der Waals surface area contributed by atoms with E-state index in [1.165, 1.54) is 0 Å². The normalized spacial score (nSPS) is 26.8. The van der Waals surface area contributed by atoms with Crippen molar-refractivity contribution in [2.75, 3.05) is 0 Å². The van der Waals surface area contributed by atoms with Gasteiger partial charge in [0.05, 0.1) is 30.4 Å². The molecule has 1 atom stereocenters. The molecular formula is C18H20F2N2O. The van der Waals surface area contributed by atoms with E-state index in [1.807, 2.05) is 28.8 Å². The minimum atomic E-state index is -2.73. The molecule has 5 heteroatoms. The number of halogens is 2. The van der Waals surface area contributed by atoms with Crippen LogP contribution in [0.25, 0.3) is 11.3 Å². The van der Waals surface area contributed by atoms with E-state index in [2.05, 4.69) is 4.98 Å². The first-order valence-electron chi connectivity index (χ1n) is 8.23. The second-order valence-corrected chi connectivity index (χ2v) is 6.76. The number of nitrogens with zero attached hydrogens (tertiary/aromatic N) is 2. The number of aliphatic hydroxyl groups is 1. The van der Waals surface area contributed by atoms with E-state index in [0.29, 0.717) is 25.7 Å². The van der Waals surface area contributed by atoms with Crippen molar-refractivity contribution >= 4 is 0 Å². The number of benzene rings is 1. The van der Waals surface area contributed by atoms with Gasteiger partial charge in [-0.3, -0.25) is 0 Å². The minimum Gasteiger partial charge on any atom is -0.393 e. The van der Waals surface area contributed by atoms with Crippen molar-refractivity contribution < 1.29 is 13.9 Å². The zero-order valence-corrected chi connectivity index (χ0v) is 12.8. The summed E-state index contributed by atoms with van der Waals surface area (Å²) in [6, 6.07) is 7.39. The highest BCUT2D eigenvalue weighted by atomic mass is 19.3. The van der Waals surface area contributed by atoms with Gasteiger partial charge in [0, 0.05) is 17.9 Å². The Labute approximate surface area is 134 Å². The van der Waals surface area contributed by atoms with Gasteiger partial charge in [0.1, 0.15) is 0 Å². The molecule has 3 nitrogen and oxygen atoms in total. The van der Waals surface area contributed by atoms with E-state index < -0.39 is 17.9 Å². The average Bonchev–Trinajstić information content (AvgIpc) is 3.11. The van der Waals surface area contributed by atoms with Crippen LogP contribution in [0.15, 0.2) is 36.8 Å². The fourth-order valence-corrected chi connectivity index (χ4v) is 4.06. The summed E-state index contributed by atoms with van der Waals surface area (Å²) in [6.45, 7) is 0. The summed E-state index contributed by atoms with van der Waals surface area (Å²) in [5.74, 6) is -3.37. The minimum absolute atomic E-state index is 0.200. The molecule has 1 N–H and O–H groups in total. The molecule has 0 bridgehead atoms. The molecule has 1 aliphatic carbocycles. The molecule has 2 heterocycles. The van der Waals surface area contributed by atoms with Crippen LogP contribution < -0.4 is 0 Å². The molecule has 122 valence electrons. The molecule has 23 heavy (non-hydrogen) atoms. The lowest BCUT2D eigenvalue weighted by atomic mass is 9.80. The Balaban J connectivity index is 1.61. The number of hydrogen-bond donors (Lipinski definition) is 1. The smallest absolute Gasteiger partial charge is 0.253 e. The molecule has 0 spiro atoms. The van der Waals surface area contributed by atoms with Crippen LogP contribution in [-0.2, 0) is 0 Å². The largest absolute Gasteiger partial charge is 0.393 e. The van der Waals surface area contributed by atoms with Crippen LogP contribution in [0.2, 0.25) is 0 Å². The number of alkyl halides is 2. The van der Waals surface area contributed by atoms with E-state index in [-0.39, 0.29) is 12.5 Å². The number of imidazole rings is 1. The lowest BCUT2D eigenvalue weighted by molar-refractivity contribution is -0.0928. The highest BCUT2D eigenvalue weighted by Gasteiger charge is 2.45. The Morgan fingerprint density at radius 3 is 2.70 bits per heavy atom. The fraction of sp³-hybridized carbons (Fsp3) is 0.500. The summed E-state index contributed by atoms with van der Waals surface area (Å²) in [5.41, 5.74) is 2.88. The molecule has 0 amide bonds. The highest BCUT2D eigenvalue weighted by Crippen LogP contribution is 2.47. The van der Waals surface area contributed by atoms with E-state index >= 15 is 0 Å². The first-order valence-corrected chi connectivity index (χ1v) is 8.23. The van der Waals surface area contributed by atoms with Gasteiger partial charge in [0.2, 0.25) is 0 Å². The van der Waals surface area contributed by atoms with Crippen molar-refractivity contribution in [3.63, 3.8) is 0 Å². The van der Waals surface area contributed by atoms with E-state index in [1.54, 1.807) is 12.5 Å². The molecule has 1 aromatic heterocycles. The lowest BCUT2D eigenvalue weighted by Crippen LogP contribution is -2.35. The molecule has 0 saturated heterocycles. The fourth-order valence-electron chi connectivity index (χ4n) is 4.06. The quantitative estimate of drug-likeness (QED) is 0.928. The Bertz CT molecular complexity index is 705. The maximum absolute atomic E-state index is 14.9. The molecule has 1 fully saturated rings. The molecule has 2 aliphatic rings. The average molecular weight is 318 g/mol. The maximum Gasteiger partial charge on any atom is 0.253 e. The van der Waals surface area contributed by atoms with Crippen LogP contribution in [0.4, 0.5) is 8.78 Å². The van der Waals surface area contributed by atoms with Crippen molar-refractivity contribution in [1.82, 2.24) is 9.55 Å². The Hall–Kier alpha value is -1.75. The van der Waals surface area contributed by atoms with Crippen LogP contribution in [0, 0.1) is 5.92 Å². The molecular weight excluding hydrogens is 298 g/mol. The number of rotatable bonds is 3. The van der Waals surface area contributed by atoms with Crippen LogP contribution in [0.3, 0.4) is 0 Å². The summed E-state index contributed by atoms with van der Waals surface area (Å²) < 4.78 is 31.6. The number of aliphatic hydroxyl groups excluding tert-OH is 1. The second-order valence-electron chi connectivity index (χ2n) is 6.76. The van der Waals surface area contributed by atoms with Crippen molar-refractivity contribution in [2.45, 2.75) is 50.2 Å². The second kappa shape index (κ2) is 5.41. The van der Waals surface area contributed by atoms with Gasteiger partial charge < -0.3 is 9.67 Å². The lowest BCUT2D eigenvalue weighted by Gasteiger charge is -2.33. The Kier molecular flexibility index (Phi) is 3.48. The van der Waals surface area contributed by atoms with Gasteiger partial charge in [-0.1, -0.05) is 24.3 Å². The van der Waals surface area contributed by atoms with Gasteiger partial charge in [-0.25, -0.2) is 13.8 Å². The molecule has 1 aliphatic heterocycles. The topological polar surface area (TPSA) is 38.1 Å². The molecule has 4 rings (SSSR count). The summed E-state index contributed by atoms with van der Waals surface area (Å²) >= 11 is 0. The van der Waals surface area contributed by atoms with Gasteiger partial charge in [-0.05, 0) is 31.2 Å². The summed E-state index contributed by atoms with van der Waals surface area (Å²) in [4.78, 5) is 4.13. The van der Waals surface area contributed by atoms with Crippen molar-refractivity contribution in [1.29, 1.82) is 0 Å². The van der Waals surface area contributed by atoms with Crippen LogP contribution >= 0.6 is 0 Å². The van der Waals surface area contributed by atoms with Gasteiger partial charge in [0.25, 0.3) is 5.92 Å². The molecule has 2 aromatic rings. The van der Waals surface area contributed by atoms with E-state index in [0.717, 1.165) is 16.8 Å². The SMILES string of the molecule is OC1CCC(C(F)(F)C[C@@H]2c3ccccc3-c3cncn32)CC1. The van der Waals surface area contributed by atoms with E-state index in [9.17, 15) is 13.9 Å². The third-order valence-corrected chi connectivity index (χ3v) is 5.36. The molecule has 0 unspecified atom stereocenters. The van der Waals surface area contributed by atoms with Crippen LogP contribution in [0.5, 0.6) is 0 Å². The first-order chi connectivity index (χ1) is 11.1. The standard InChI is InChI=1S/C18H20F2N2O/c19-18(20,12-5-7-13(23)8-6-12)9-16-14-3-1-2-4-15(14)17-10-21-11-22(16)17/h1-4,10-13,16,23H,5-9H2/t12?,13?,16-/m1/s1. The summed E-state index contributed by atoms with van der Waals surface area (Å²) in [6.07, 6.45) is 4.56. The van der Waals surface area contributed by atoms with Gasteiger partial charge in [-0.15, -0.1) is 0 Å². The van der Waals surface area contributed by atoms with Crippen molar-refractivity contribution in [3.8, 4) is 11.3 Å². The van der Waals surface area contributed by atoms with Gasteiger partial charge in [0.15, 0.2) is 0 Å². The number of hydrogen-bond acceptors (Lipinski definition) is 2. The summed E-state index contributed by atoms with van der Waals surface area (Å²) in [5, 5.41) is 9.55. The highest BCUT2D eigenvalue weighted by molar-refractivity contribution is 5.68. The predicted octanol–water partition coefficient (Wildman–Crippen LogP) is 4.03. The maximum atomic E-state index is 14.9. The van der Waals surface area contributed by atoms with Crippen molar-refractivity contribution in [2.24, 2.45) is 5.92 Å². The molecule has 0 radical (unpaired) electrons. The van der Waals surface area contributed by atoms with E-state index in [4.69, 9.17) is 0 Å². The zero-order valence-electron chi connectivity index (χ0n) is 12.8. The zero-order chi connectivity index (χ0) is 16.0. The number of aromatic nitrogens is 2. The first kappa shape index (κ1) is 14.8. The summed E-state index contributed by atoms with van der Waals surface area (Å²) in [7, 11) is 0. The molecule has 1 aromatic carbocycles. The monoisotopic (exact) mass is 318 g/mol. The third-order valence-electron chi connectivity index (χ3n) is 5.36. The predicted molar refractivity (Wildman–Crippen MR) is 83.3 cm³/mol. The van der Waals surface area contributed by atoms with Gasteiger partial charge in [-0.2, -0.15) is 0 Å². The van der Waals surface area contributed by atoms with Crippen LogP contribution in [-0.4, -0.2) is 26.7 Å². The third kappa shape index (κ3) is 2.47. The van der Waals surface area contributed by atoms with Crippen LogP contribution in [0.1, 0.15) is 43.7 Å². The van der Waals surface area contributed by atoms with Gasteiger partial charge >= 0.3 is 0 Å². The van der Waals surface area contributed by atoms with Crippen molar-refractivity contribution in [3.05, 3.63) is 42.4 Å².